The second kappa shape index (κ2) is 7.45. The van der Waals surface area contributed by atoms with E-state index in [0.717, 1.165) is 5.56 Å². The van der Waals surface area contributed by atoms with Gasteiger partial charge in [-0.05, 0) is 25.1 Å². The molecule has 0 fully saturated rings. The number of rotatable bonds is 5. The standard InChI is InChI=1S/C16H15ClN2O2/c1-12(21-14-8-3-2-4-9-14)16(20)19-18-11-13-7-5-6-10-15(13)17/h2-12H,1H3,(H,19,20)/b18-11+/t12-/m0/s1. The van der Waals surface area contributed by atoms with Gasteiger partial charge in [0.25, 0.3) is 5.91 Å². The Hall–Kier alpha value is -2.33. The van der Waals surface area contributed by atoms with Crippen molar-refractivity contribution >= 4 is 23.7 Å². The third kappa shape index (κ3) is 4.61. The van der Waals surface area contributed by atoms with E-state index in [1.807, 2.05) is 36.4 Å². The highest BCUT2D eigenvalue weighted by Gasteiger charge is 2.13. The summed E-state index contributed by atoms with van der Waals surface area (Å²) in [5.74, 6) is 0.303. The van der Waals surface area contributed by atoms with Crippen molar-refractivity contribution in [2.45, 2.75) is 13.0 Å². The molecule has 4 nitrogen and oxygen atoms in total. The zero-order valence-corrected chi connectivity index (χ0v) is 12.2. The highest BCUT2D eigenvalue weighted by atomic mass is 35.5. The molecule has 1 amide bonds. The van der Waals surface area contributed by atoms with Crippen LogP contribution in [0.15, 0.2) is 59.7 Å². The fourth-order valence-electron chi connectivity index (χ4n) is 1.59. The molecule has 21 heavy (non-hydrogen) atoms. The van der Waals surface area contributed by atoms with Crippen molar-refractivity contribution in [2.24, 2.45) is 5.10 Å². The average molecular weight is 303 g/mol. The lowest BCUT2D eigenvalue weighted by Crippen LogP contribution is -2.33. The molecule has 0 unspecified atom stereocenters. The second-order valence-electron chi connectivity index (χ2n) is 4.33. The number of nitrogens with zero attached hydrogens (tertiary/aromatic N) is 1. The molecule has 2 aromatic rings. The van der Waals surface area contributed by atoms with Crippen molar-refractivity contribution in [3.8, 4) is 5.75 Å². The van der Waals surface area contributed by atoms with Crippen molar-refractivity contribution in [3.05, 3.63) is 65.2 Å². The maximum absolute atomic E-state index is 11.8. The van der Waals surface area contributed by atoms with E-state index in [4.69, 9.17) is 16.3 Å². The topological polar surface area (TPSA) is 50.7 Å². The van der Waals surface area contributed by atoms with E-state index in [-0.39, 0.29) is 5.91 Å². The van der Waals surface area contributed by atoms with Crippen LogP contribution in [0.25, 0.3) is 0 Å². The summed E-state index contributed by atoms with van der Waals surface area (Å²) in [6, 6.07) is 16.4. The number of hydrogen-bond donors (Lipinski definition) is 1. The number of nitrogens with one attached hydrogen (secondary N) is 1. The van der Waals surface area contributed by atoms with Crippen molar-refractivity contribution in [1.82, 2.24) is 5.43 Å². The van der Waals surface area contributed by atoms with Crippen molar-refractivity contribution < 1.29 is 9.53 Å². The number of amides is 1. The predicted molar refractivity (Wildman–Crippen MR) is 83.7 cm³/mol. The first-order valence-electron chi connectivity index (χ1n) is 6.46. The molecule has 0 aliphatic rings. The van der Waals surface area contributed by atoms with Gasteiger partial charge in [-0.25, -0.2) is 5.43 Å². The van der Waals surface area contributed by atoms with Crippen LogP contribution in [0.3, 0.4) is 0 Å². The van der Waals surface area contributed by atoms with Crippen LogP contribution < -0.4 is 10.2 Å². The molecular weight excluding hydrogens is 288 g/mol. The maximum atomic E-state index is 11.8. The lowest BCUT2D eigenvalue weighted by atomic mass is 10.2. The molecule has 0 aromatic heterocycles. The van der Waals surface area contributed by atoms with Gasteiger partial charge in [-0.2, -0.15) is 5.10 Å². The minimum Gasteiger partial charge on any atom is -0.481 e. The van der Waals surface area contributed by atoms with Gasteiger partial charge in [-0.3, -0.25) is 4.79 Å². The number of halogens is 1. The Kier molecular flexibility index (Phi) is 5.35. The van der Waals surface area contributed by atoms with E-state index in [2.05, 4.69) is 10.5 Å². The van der Waals surface area contributed by atoms with Crippen molar-refractivity contribution in [2.75, 3.05) is 0 Å². The monoisotopic (exact) mass is 302 g/mol. The van der Waals surface area contributed by atoms with Gasteiger partial charge in [0.15, 0.2) is 6.10 Å². The van der Waals surface area contributed by atoms with Gasteiger partial charge in [0.2, 0.25) is 0 Å². The summed E-state index contributed by atoms with van der Waals surface area (Å²) in [7, 11) is 0. The first-order valence-corrected chi connectivity index (χ1v) is 6.84. The van der Waals surface area contributed by atoms with Gasteiger partial charge in [-0.1, -0.05) is 48.0 Å². The van der Waals surface area contributed by atoms with Crippen LogP contribution in [0.1, 0.15) is 12.5 Å². The Balaban J connectivity index is 1.88. The van der Waals surface area contributed by atoms with E-state index in [0.29, 0.717) is 10.8 Å². The lowest BCUT2D eigenvalue weighted by molar-refractivity contribution is -0.127. The molecule has 108 valence electrons. The molecule has 0 heterocycles. The van der Waals surface area contributed by atoms with Gasteiger partial charge >= 0.3 is 0 Å². The lowest BCUT2D eigenvalue weighted by Gasteiger charge is -2.12. The fraction of sp³-hybridized carbons (Fsp3) is 0.125. The zero-order chi connectivity index (χ0) is 15.1. The van der Waals surface area contributed by atoms with Gasteiger partial charge in [0, 0.05) is 10.6 Å². The Labute approximate surface area is 128 Å². The van der Waals surface area contributed by atoms with Crippen LogP contribution >= 0.6 is 11.6 Å². The van der Waals surface area contributed by atoms with E-state index < -0.39 is 6.10 Å². The first-order chi connectivity index (χ1) is 10.2. The second-order valence-corrected chi connectivity index (χ2v) is 4.74. The van der Waals surface area contributed by atoms with Crippen LogP contribution in [0, 0.1) is 0 Å². The normalized spacial score (nSPS) is 12.1. The molecule has 2 aromatic carbocycles. The summed E-state index contributed by atoms with van der Waals surface area (Å²) in [4.78, 5) is 11.8. The number of benzene rings is 2. The molecule has 2 rings (SSSR count). The van der Waals surface area contributed by atoms with Gasteiger partial charge < -0.3 is 4.74 Å². The number of hydrogen-bond acceptors (Lipinski definition) is 3. The molecule has 1 atom stereocenters. The average Bonchev–Trinajstić information content (AvgIpc) is 2.50. The van der Waals surface area contributed by atoms with Crippen LogP contribution in [0.5, 0.6) is 5.75 Å². The SMILES string of the molecule is C[C@H](Oc1ccccc1)C(=O)N/N=C/c1ccccc1Cl. The molecule has 0 saturated carbocycles. The Bertz CT molecular complexity index is 629. The van der Waals surface area contributed by atoms with E-state index in [1.165, 1.54) is 6.21 Å². The minimum absolute atomic E-state index is 0.331. The fourth-order valence-corrected chi connectivity index (χ4v) is 1.78. The number of hydrazone groups is 1. The molecule has 0 radical (unpaired) electrons. The van der Waals surface area contributed by atoms with Crippen molar-refractivity contribution in [3.63, 3.8) is 0 Å². The largest absolute Gasteiger partial charge is 0.481 e. The molecular formula is C16H15ClN2O2. The Morgan fingerprint density at radius 3 is 2.57 bits per heavy atom. The third-order valence-electron chi connectivity index (χ3n) is 2.71. The molecule has 5 heteroatoms. The maximum Gasteiger partial charge on any atom is 0.280 e. The van der Waals surface area contributed by atoms with Crippen LogP contribution in [-0.4, -0.2) is 18.2 Å². The molecule has 0 bridgehead atoms. The molecule has 1 N–H and O–H groups in total. The molecule has 0 spiro atoms. The minimum atomic E-state index is -0.643. The number of carbonyl (C=O) groups is 1. The summed E-state index contributed by atoms with van der Waals surface area (Å²) in [6.45, 7) is 1.66. The van der Waals surface area contributed by atoms with E-state index in [9.17, 15) is 4.79 Å². The summed E-state index contributed by atoms with van der Waals surface area (Å²) in [5, 5.41) is 4.45. The Morgan fingerprint density at radius 2 is 1.86 bits per heavy atom. The smallest absolute Gasteiger partial charge is 0.280 e. The zero-order valence-electron chi connectivity index (χ0n) is 11.5. The molecule has 0 saturated heterocycles. The van der Waals surface area contributed by atoms with Gasteiger partial charge in [-0.15, -0.1) is 0 Å². The highest BCUT2D eigenvalue weighted by molar-refractivity contribution is 6.33. The van der Waals surface area contributed by atoms with Crippen molar-refractivity contribution in [1.29, 1.82) is 0 Å². The van der Waals surface area contributed by atoms with Crippen LogP contribution in [0.4, 0.5) is 0 Å². The number of ether oxygens (including phenoxy) is 1. The third-order valence-corrected chi connectivity index (χ3v) is 3.05. The predicted octanol–water partition coefficient (Wildman–Crippen LogP) is 3.26. The highest BCUT2D eigenvalue weighted by Crippen LogP contribution is 2.12. The van der Waals surface area contributed by atoms with Gasteiger partial charge in [0.1, 0.15) is 5.75 Å². The summed E-state index contributed by atoms with van der Waals surface area (Å²) >= 11 is 5.98. The van der Waals surface area contributed by atoms with E-state index >= 15 is 0 Å². The first kappa shape index (κ1) is 15.1. The van der Waals surface area contributed by atoms with Crippen LogP contribution in [0.2, 0.25) is 5.02 Å². The summed E-state index contributed by atoms with van der Waals surface area (Å²) < 4.78 is 5.49. The summed E-state index contributed by atoms with van der Waals surface area (Å²) in [6.07, 6.45) is 0.853. The number of carbonyl (C=O) groups excluding carboxylic acids is 1. The van der Waals surface area contributed by atoms with E-state index in [1.54, 1.807) is 25.1 Å². The van der Waals surface area contributed by atoms with Gasteiger partial charge in [0.05, 0.1) is 6.21 Å². The summed E-state index contributed by atoms with van der Waals surface area (Å²) in [5.41, 5.74) is 3.16. The quantitative estimate of drug-likeness (QED) is 0.681. The molecule has 0 aliphatic carbocycles. The Morgan fingerprint density at radius 1 is 1.19 bits per heavy atom. The molecule has 0 aliphatic heterocycles. The van der Waals surface area contributed by atoms with Crippen LogP contribution in [-0.2, 0) is 4.79 Å². The number of para-hydroxylation sites is 1.